The molecule has 0 aromatic carbocycles. The summed E-state index contributed by atoms with van der Waals surface area (Å²) in [4.78, 5) is 14.0. The number of oxazole rings is 1. The van der Waals surface area contributed by atoms with Crippen LogP contribution in [0.3, 0.4) is 0 Å². The maximum atomic E-state index is 5.76. The zero-order chi connectivity index (χ0) is 17.2. The van der Waals surface area contributed by atoms with Gasteiger partial charge in [-0.15, -0.1) is 11.3 Å². The lowest BCUT2D eigenvalue weighted by Crippen LogP contribution is -2.36. The lowest BCUT2D eigenvalue weighted by atomic mass is 9.94. The van der Waals surface area contributed by atoms with Crippen molar-refractivity contribution < 1.29 is 4.42 Å². The molecule has 2 N–H and O–H groups in total. The predicted molar refractivity (Wildman–Crippen MR) is 95.3 cm³/mol. The van der Waals surface area contributed by atoms with Crippen molar-refractivity contribution in [1.82, 2.24) is 25.0 Å². The van der Waals surface area contributed by atoms with Crippen LogP contribution in [-0.2, 0) is 18.5 Å². The summed E-state index contributed by atoms with van der Waals surface area (Å²) in [5.74, 6) is 2.20. The van der Waals surface area contributed by atoms with Gasteiger partial charge in [-0.05, 0) is 0 Å². The lowest BCUT2D eigenvalue weighted by molar-refractivity contribution is 0.379. The molecule has 128 valence electrons. The van der Waals surface area contributed by atoms with Crippen LogP contribution in [-0.4, -0.2) is 27.4 Å². The third-order valence-corrected chi connectivity index (χ3v) is 4.27. The molecular formula is C16H22N6OS. The SMILES string of the molecule is CN=C(NCc1cn2ccsc2n1)NCc1ncc(C(C)(C)C)o1. The number of fused-ring (bicyclic) bond motifs is 1. The molecule has 7 nitrogen and oxygen atoms in total. The lowest BCUT2D eigenvalue weighted by Gasteiger charge is -2.13. The molecule has 3 aromatic rings. The molecule has 0 bridgehead atoms. The van der Waals surface area contributed by atoms with E-state index in [1.54, 1.807) is 24.6 Å². The highest BCUT2D eigenvalue weighted by atomic mass is 32.1. The first kappa shape index (κ1) is 16.5. The Balaban J connectivity index is 1.53. The first-order chi connectivity index (χ1) is 11.5. The minimum atomic E-state index is -0.0425. The Morgan fingerprint density at radius 2 is 2.12 bits per heavy atom. The van der Waals surface area contributed by atoms with Crippen molar-refractivity contribution in [3.63, 3.8) is 0 Å². The minimum Gasteiger partial charge on any atom is -0.443 e. The number of aliphatic imine (C=N–C) groups is 1. The summed E-state index contributed by atoms with van der Waals surface area (Å²) in [6.07, 6.45) is 5.79. The molecule has 0 saturated carbocycles. The summed E-state index contributed by atoms with van der Waals surface area (Å²) >= 11 is 1.62. The van der Waals surface area contributed by atoms with E-state index in [1.807, 2.05) is 22.2 Å². The second kappa shape index (κ2) is 6.64. The average Bonchev–Trinajstić information content (AvgIpc) is 3.21. The van der Waals surface area contributed by atoms with Gasteiger partial charge in [-0.25, -0.2) is 9.97 Å². The molecule has 0 spiro atoms. The van der Waals surface area contributed by atoms with E-state index in [2.05, 4.69) is 46.4 Å². The van der Waals surface area contributed by atoms with Crippen LogP contribution in [0.25, 0.3) is 4.96 Å². The topological polar surface area (TPSA) is 79.8 Å². The van der Waals surface area contributed by atoms with Crippen LogP contribution in [0.5, 0.6) is 0 Å². The Morgan fingerprint density at radius 1 is 1.33 bits per heavy atom. The largest absolute Gasteiger partial charge is 0.443 e. The van der Waals surface area contributed by atoms with Gasteiger partial charge < -0.3 is 15.1 Å². The molecule has 0 saturated heterocycles. The number of aromatic nitrogens is 3. The third kappa shape index (κ3) is 3.76. The Hall–Kier alpha value is -2.35. The van der Waals surface area contributed by atoms with E-state index >= 15 is 0 Å². The molecule has 8 heteroatoms. The molecule has 0 unspecified atom stereocenters. The van der Waals surface area contributed by atoms with Gasteiger partial charge in [-0.2, -0.15) is 0 Å². The van der Waals surface area contributed by atoms with Gasteiger partial charge in [-0.3, -0.25) is 9.39 Å². The highest BCUT2D eigenvalue weighted by molar-refractivity contribution is 7.15. The van der Waals surface area contributed by atoms with Crippen LogP contribution in [0.4, 0.5) is 0 Å². The van der Waals surface area contributed by atoms with Gasteiger partial charge in [0.1, 0.15) is 5.76 Å². The van der Waals surface area contributed by atoms with Crippen molar-refractivity contribution in [3.05, 3.63) is 41.3 Å². The molecule has 3 heterocycles. The molecular weight excluding hydrogens is 324 g/mol. The first-order valence-corrected chi connectivity index (χ1v) is 8.64. The van der Waals surface area contributed by atoms with Crippen LogP contribution in [0.1, 0.15) is 38.1 Å². The zero-order valence-electron chi connectivity index (χ0n) is 14.3. The van der Waals surface area contributed by atoms with E-state index in [9.17, 15) is 0 Å². The number of nitrogens with one attached hydrogen (secondary N) is 2. The number of imidazole rings is 1. The van der Waals surface area contributed by atoms with Crippen LogP contribution >= 0.6 is 11.3 Å². The summed E-state index contributed by atoms with van der Waals surface area (Å²) in [6, 6.07) is 0. The molecule has 3 aromatic heterocycles. The molecule has 3 rings (SSSR count). The standard InChI is InChI=1S/C16H22N6OS/c1-16(2,3)12-8-18-13(23-12)9-20-14(17-4)19-7-11-10-22-5-6-24-15(22)21-11/h5-6,8,10H,7,9H2,1-4H3,(H2,17,19,20). The average molecular weight is 346 g/mol. The van der Waals surface area contributed by atoms with Crippen LogP contribution in [0.2, 0.25) is 0 Å². The maximum Gasteiger partial charge on any atom is 0.213 e. The monoisotopic (exact) mass is 346 g/mol. The predicted octanol–water partition coefficient (Wildman–Crippen LogP) is 2.55. The van der Waals surface area contributed by atoms with Gasteiger partial charge in [-0.1, -0.05) is 20.8 Å². The Morgan fingerprint density at radius 3 is 2.79 bits per heavy atom. The van der Waals surface area contributed by atoms with Crippen molar-refractivity contribution in [2.24, 2.45) is 4.99 Å². The molecule has 0 fully saturated rings. The maximum absolute atomic E-state index is 5.76. The Labute approximate surface area is 144 Å². The van der Waals surface area contributed by atoms with Gasteiger partial charge in [0.15, 0.2) is 10.9 Å². The van der Waals surface area contributed by atoms with Crippen molar-refractivity contribution in [2.75, 3.05) is 7.05 Å². The molecule has 0 atom stereocenters. The first-order valence-electron chi connectivity index (χ1n) is 7.76. The summed E-state index contributed by atoms with van der Waals surface area (Å²) < 4.78 is 7.78. The molecule has 0 aliphatic carbocycles. The smallest absolute Gasteiger partial charge is 0.213 e. The van der Waals surface area contributed by atoms with Crippen LogP contribution in [0.15, 0.2) is 33.4 Å². The number of rotatable bonds is 4. The van der Waals surface area contributed by atoms with Gasteiger partial charge in [0, 0.05) is 30.2 Å². The van der Waals surface area contributed by atoms with Gasteiger partial charge >= 0.3 is 0 Å². The summed E-state index contributed by atoms with van der Waals surface area (Å²) in [6.45, 7) is 7.38. The van der Waals surface area contributed by atoms with E-state index in [4.69, 9.17) is 4.42 Å². The van der Waals surface area contributed by atoms with Gasteiger partial charge in [0.05, 0.1) is 25.0 Å². The molecule has 0 amide bonds. The van der Waals surface area contributed by atoms with Crippen LogP contribution in [0, 0.1) is 0 Å². The number of thiazole rings is 1. The van der Waals surface area contributed by atoms with Gasteiger partial charge in [0.2, 0.25) is 5.89 Å². The van der Waals surface area contributed by atoms with Crippen molar-refractivity contribution in [3.8, 4) is 0 Å². The molecule has 0 aliphatic rings. The minimum absolute atomic E-state index is 0.0425. The summed E-state index contributed by atoms with van der Waals surface area (Å²) in [5.41, 5.74) is 0.926. The van der Waals surface area contributed by atoms with E-state index < -0.39 is 0 Å². The zero-order valence-corrected chi connectivity index (χ0v) is 15.1. The van der Waals surface area contributed by atoms with Crippen molar-refractivity contribution in [1.29, 1.82) is 0 Å². The highest BCUT2D eigenvalue weighted by Gasteiger charge is 2.19. The third-order valence-electron chi connectivity index (χ3n) is 3.50. The highest BCUT2D eigenvalue weighted by Crippen LogP contribution is 2.22. The number of guanidine groups is 1. The normalized spacial score (nSPS) is 12.8. The summed E-state index contributed by atoms with van der Waals surface area (Å²) in [7, 11) is 1.73. The Bertz CT molecular complexity index is 810. The molecule has 24 heavy (non-hydrogen) atoms. The second-order valence-electron chi connectivity index (χ2n) is 6.47. The Kier molecular flexibility index (Phi) is 4.57. The van der Waals surface area contributed by atoms with E-state index in [1.165, 1.54) is 0 Å². The molecule has 0 aliphatic heterocycles. The second-order valence-corrected chi connectivity index (χ2v) is 7.35. The van der Waals surface area contributed by atoms with Gasteiger partial charge in [0.25, 0.3) is 0 Å². The van der Waals surface area contributed by atoms with Crippen molar-refractivity contribution >= 4 is 22.3 Å². The number of hydrogen-bond acceptors (Lipinski definition) is 5. The van der Waals surface area contributed by atoms with E-state index in [0.29, 0.717) is 24.9 Å². The number of hydrogen-bond donors (Lipinski definition) is 2. The van der Waals surface area contributed by atoms with E-state index in [-0.39, 0.29) is 5.41 Å². The van der Waals surface area contributed by atoms with Crippen LogP contribution < -0.4 is 10.6 Å². The van der Waals surface area contributed by atoms with Crippen molar-refractivity contribution in [2.45, 2.75) is 39.3 Å². The molecule has 0 radical (unpaired) electrons. The fourth-order valence-corrected chi connectivity index (χ4v) is 2.87. The fraction of sp³-hybridized carbons (Fsp3) is 0.438. The number of nitrogens with zero attached hydrogens (tertiary/aromatic N) is 4. The van der Waals surface area contributed by atoms with E-state index in [0.717, 1.165) is 16.4 Å². The fourth-order valence-electron chi connectivity index (χ4n) is 2.15. The summed E-state index contributed by atoms with van der Waals surface area (Å²) in [5, 5.41) is 8.46. The quantitative estimate of drug-likeness (QED) is 0.561.